The van der Waals surface area contributed by atoms with Crippen LogP contribution in [0.3, 0.4) is 0 Å². The molecule has 0 fully saturated rings. The lowest BCUT2D eigenvalue weighted by Gasteiger charge is -1.93. The third-order valence-electron chi connectivity index (χ3n) is 3.17. The SMILES string of the molecule is C=Cn1cnc2c(N)ncnc21.C=Cn1cnc2c(N)ncnc21. The molecule has 0 aliphatic heterocycles. The van der Waals surface area contributed by atoms with Gasteiger partial charge in [-0.05, 0) is 0 Å². The van der Waals surface area contributed by atoms with Gasteiger partial charge in [-0.3, -0.25) is 9.13 Å². The van der Waals surface area contributed by atoms with Crippen LogP contribution in [0.25, 0.3) is 34.7 Å². The minimum Gasteiger partial charge on any atom is -0.382 e. The Kier molecular flexibility index (Phi) is 3.85. The quantitative estimate of drug-likeness (QED) is 0.557. The Hall–Kier alpha value is -3.82. The highest BCUT2D eigenvalue weighted by Crippen LogP contribution is 2.14. The maximum atomic E-state index is 5.56. The van der Waals surface area contributed by atoms with E-state index in [4.69, 9.17) is 11.5 Å². The van der Waals surface area contributed by atoms with Gasteiger partial charge in [0.05, 0.1) is 0 Å². The van der Waals surface area contributed by atoms with E-state index < -0.39 is 0 Å². The van der Waals surface area contributed by atoms with Crippen molar-refractivity contribution in [2.45, 2.75) is 0 Å². The fourth-order valence-corrected chi connectivity index (χ4v) is 2.01. The number of nitrogens with two attached hydrogens (primary N) is 2. The topological polar surface area (TPSA) is 139 Å². The lowest BCUT2D eigenvalue weighted by atomic mass is 10.5. The lowest BCUT2D eigenvalue weighted by molar-refractivity contribution is 1.13. The summed E-state index contributed by atoms with van der Waals surface area (Å²) in [5, 5.41) is 0. The molecule has 0 amide bonds. The molecule has 0 saturated heterocycles. The number of hydrogen-bond donors (Lipinski definition) is 2. The highest BCUT2D eigenvalue weighted by Gasteiger charge is 2.05. The smallest absolute Gasteiger partial charge is 0.169 e. The Morgan fingerprint density at radius 2 is 1.12 bits per heavy atom. The first-order valence-electron chi connectivity index (χ1n) is 6.76. The van der Waals surface area contributed by atoms with E-state index >= 15 is 0 Å². The van der Waals surface area contributed by atoms with Crippen LogP contribution in [-0.2, 0) is 0 Å². The van der Waals surface area contributed by atoms with Crippen LogP contribution in [0.1, 0.15) is 0 Å². The normalized spacial score (nSPS) is 10.3. The molecule has 4 aromatic heterocycles. The zero-order valence-electron chi connectivity index (χ0n) is 12.6. The van der Waals surface area contributed by atoms with Gasteiger partial charge in [-0.2, -0.15) is 0 Å². The van der Waals surface area contributed by atoms with Gasteiger partial charge in [-0.25, -0.2) is 29.9 Å². The Morgan fingerprint density at radius 1 is 0.708 bits per heavy atom. The zero-order valence-corrected chi connectivity index (χ0v) is 12.6. The monoisotopic (exact) mass is 322 g/mol. The van der Waals surface area contributed by atoms with E-state index in [1.165, 1.54) is 12.7 Å². The molecule has 0 saturated carbocycles. The van der Waals surface area contributed by atoms with Crippen molar-refractivity contribution in [1.82, 2.24) is 39.0 Å². The van der Waals surface area contributed by atoms with Gasteiger partial charge >= 0.3 is 0 Å². The molecule has 0 atom stereocenters. The average molecular weight is 322 g/mol. The van der Waals surface area contributed by atoms with Crippen molar-refractivity contribution in [3.05, 3.63) is 38.5 Å². The van der Waals surface area contributed by atoms with E-state index in [-0.39, 0.29) is 0 Å². The average Bonchev–Trinajstić information content (AvgIpc) is 3.20. The van der Waals surface area contributed by atoms with Crippen molar-refractivity contribution in [3.8, 4) is 0 Å². The first-order valence-corrected chi connectivity index (χ1v) is 6.76. The summed E-state index contributed by atoms with van der Waals surface area (Å²) in [6.45, 7) is 7.21. The van der Waals surface area contributed by atoms with Crippen molar-refractivity contribution in [3.63, 3.8) is 0 Å². The van der Waals surface area contributed by atoms with Crippen LogP contribution < -0.4 is 11.5 Å². The van der Waals surface area contributed by atoms with Crippen molar-refractivity contribution >= 4 is 46.4 Å². The van der Waals surface area contributed by atoms with Gasteiger partial charge in [-0.1, -0.05) is 13.2 Å². The highest BCUT2D eigenvalue weighted by molar-refractivity contribution is 5.83. The first kappa shape index (κ1) is 15.1. The van der Waals surface area contributed by atoms with Crippen molar-refractivity contribution in [1.29, 1.82) is 0 Å². The fourth-order valence-electron chi connectivity index (χ4n) is 2.01. The number of nitrogen functional groups attached to an aromatic ring is 2. The van der Waals surface area contributed by atoms with Gasteiger partial charge < -0.3 is 11.5 Å². The van der Waals surface area contributed by atoms with E-state index in [2.05, 4.69) is 43.1 Å². The molecule has 0 aromatic carbocycles. The molecule has 4 rings (SSSR count). The number of fused-ring (bicyclic) bond motifs is 2. The van der Waals surface area contributed by atoms with Gasteiger partial charge in [0.15, 0.2) is 34.0 Å². The first-order chi connectivity index (χ1) is 11.7. The Bertz CT molecular complexity index is 945. The molecule has 0 unspecified atom stereocenters. The van der Waals surface area contributed by atoms with Crippen LogP contribution in [0.2, 0.25) is 0 Å². The van der Waals surface area contributed by atoms with Crippen LogP contribution in [-0.4, -0.2) is 39.0 Å². The number of anilines is 2. The second-order valence-corrected chi connectivity index (χ2v) is 4.53. The van der Waals surface area contributed by atoms with Crippen LogP contribution in [0.4, 0.5) is 11.6 Å². The Labute approximate surface area is 136 Å². The molecular weight excluding hydrogens is 308 g/mol. The molecule has 4 heterocycles. The third-order valence-corrected chi connectivity index (χ3v) is 3.17. The largest absolute Gasteiger partial charge is 0.382 e. The molecular formula is C14H14N10. The highest BCUT2D eigenvalue weighted by atomic mass is 15.1. The van der Waals surface area contributed by atoms with Gasteiger partial charge in [0.25, 0.3) is 0 Å². The van der Waals surface area contributed by atoms with E-state index in [1.807, 2.05) is 0 Å². The maximum absolute atomic E-state index is 5.56. The van der Waals surface area contributed by atoms with E-state index in [1.54, 1.807) is 34.2 Å². The van der Waals surface area contributed by atoms with E-state index in [0.29, 0.717) is 34.0 Å². The molecule has 0 aliphatic rings. The summed E-state index contributed by atoms with van der Waals surface area (Å²) in [6.07, 6.45) is 9.23. The minimum atomic E-state index is 0.389. The molecule has 10 nitrogen and oxygen atoms in total. The molecule has 0 radical (unpaired) electrons. The van der Waals surface area contributed by atoms with Crippen LogP contribution in [0, 0.1) is 0 Å². The lowest BCUT2D eigenvalue weighted by Crippen LogP contribution is -1.93. The summed E-state index contributed by atoms with van der Waals surface area (Å²) >= 11 is 0. The van der Waals surface area contributed by atoms with Crippen LogP contribution in [0.15, 0.2) is 38.5 Å². The van der Waals surface area contributed by atoms with E-state index in [0.717, 1.165) is 0 Å². The third kappa shape index (κ3) is 2.52. The fraction of sp³-hybridized carbons (Fsp3) is 0. The number of imidazole rings is 2. The summed E-state index contributed by atoms with van der Waals surface area (Å²) in [6, 6.07) is 0. The molecule has 4 N–H and O–H groups in total. The number of rotatable bonds is 2. The van der Waals surface area contributed by atoms with Gasteiger partial charge in [-0.15, -0.1) is 0 Å². The van der Waals surface area contributed by atoms with Gasteiger partial charge in [0, 0.05) is 12.4 Å². The summed E-state index contributed by atoms with van der Waals surface area (Å²) < 4.78 is 3.38. The molecule has 0 aliphatic carbocycles. The second kappa shape index (κ2) is 6.12. The Balaban J connectivity index is 0.000000141. The van der Waals surface area contributed by atoms with E-state index in [9.17, 15) is 0 Å². The number of aromatic nitrogens is 8. The van der Waals surface area contributed by atoms with Crippen molar-refractivity contribution < 1.29 is 0 Å². The summed E-state index contributed by atoms with van der Waals surface area (Å²) in [7, 11) is 0. The van der Waals surface area contributed by atoms with Crippen LogP contribution in [0.5, 0.6) is 0 Å². The molecule has 0 spiro atoms. The van der Waals surface area contributed by atoms with Crippen molar-refractivity contribution in [2.24, 2.45) is 0 Å². The summed E-state index contributed by atoms with van der Waals surface area (Å²) in [5.74, 6) is 0.779. The predicted molar refractivity (Wildman–Crippen MR) is 92.2 cm³/mol. The molecule has 24 heavy (non-hydrogen) atoms. The van der Waals surface area contributed by atoms with Crippen LogP contribution >= 0.6 is 0 Å². The molecule has 10 heteroatoms. The standard InChI is InChI=1S/2C7H7N5/c2*1-2-12-4-11-5-6(8)9-3-10-7(5)12/h2*2-4H,1H2,(H2,8,9,10). The summed E-state index contributed by atoms with van der Waals surface area (Å²) in [5.41, 5.74) is 13.7. The minimum absolute atomic E-state index is 0.389. The molecule has 120 valence electrons. The molecule has 0 bridgehead atoms. The number of hydrogen-bond acceptors (Lipinski definition) is 8. The Morgan fingerprint density at radius 3 is 1.50 bits per heavy atom. The van der Waals surface area contributed by atoms with Gasteiger partial charge in [0.2, 0.25) is 0 Å². The predicted octanol–water partition coefficient (Wildman–Crippen LogP) is 1.02. The maximum Gasteiger partial charge on any atom is 0.169 e. The second-order valence-electron chi connectivity index (χ2n) is 4.53. The van der Waals surface area contributed by atoms with Crippen molar-refractivity contribution in [2.75, 3.05) is 11.5 Å². The molecule has 4 aromatic rings. The number of nitrogens with zero attached hydrogens (tertiary/aromatic N) is 8. The van der Waals surface area contributed by atoms with Gasteiger partial charge in [0.1, 0.15) is 25.3 Å². The zero-order chi connectivity index (χ0) is 17.1. The summed E-state index contributed by atoms with van der Waals surface area (Å²) in [4.78, 5) is 23.7.